The van der Waals surface area contributed by atoms with Gasteiger partial charge in [-0.25, -0.2) is 17.6 Å². The highest BCUT2D eigenvalue weighted by molar-refractivity contribution is 6.33. The molecule has 0 saturated heterocycles. The van der Waals surface area contributed by atoms with Gasteiger partial charge in [-0.1, -0.05) is 17.7 Å². The van der Waals surface area contributed by atoms with Crippen molar-refractivity contribution in [2.75, 3.05) is 12.0 Å². The van der Waals surface area contributed by atoms with E-state index in [-0.39, 0.29) is 34.4 Å². The minimum absolute atomic E-state index is 0.0220. The fourth-order valence-corrected chi connectivity index (χ4v) is 4.48. The molecule has 1 aliphatic rings. The molecule has 0 aliphatic carbocycles. The molecule has 1 N–H and O–H groups in total. The summed E-state index contributed by atoms with van der Waals surface area (Å²) in [5, 5.41) is 2.42. The van der Waals surface area contributed by atoms with Gasteiger partial charge in [-0.05, 0) is 43.7 Å². The van der Waals surface area contributed by atoms with E-state index in [0.29, 0.717) is 23.4 Å². The first-order valence-electron chi connectivity index (χ1n) is 10.8. The molecule has 0 saturated carbocycles. The molecule has 0 bridgehead atoms. The smallest absolute Gasteiger partial charge is 0.251 e. The van der Waals surface area contributed by atoms with Gasteiger partial charge < -0.3 is 15.0 Å². The molecule has 1 aliphatic heterocycles. The Bertz CT molecular complexity index is 1370. The minimum atomic E-state index is -1.13. The van der Waals surface area contributed by atoms with Crippen LogP contribution in [-0.2, 0) is 23.3 Å². The Morgan fingerprint density at radius 2 is 1.67 bits per heavy atom. The van der Waals surface area contributed by atoms with Crippen LogP contribution in [0.2, 0.25) is 5.02 Å². The quantitative estimate of drug-likeness (QED) is 0.427. The highest BCUT2D eigenvalue weighted by Gasteiger charge is 2.44. The molecule has 1 heterocycles. The summed E-state index contributed by atoms with van der Waals surface area (Å²) in [4.78, 5) is 27.4. The fourth-order valence-electron chi connectivity index (χ4n) is 4.19. The monoisotopic (exact) mass is 520 g/mol. The lowest BCUT2D eigenvalue weighted by molar-refractivity contribution is -0.122. The van der Waals surface area contributed by atoms with Gasteiger partial charge >= 0.3 is 0 Å². The summed E-state index contributed by atoms with van der Waals surface area (Å²) in [6.45, 7) is 2.68. The first-order valence-corrected chi connectivity index (χ1v) is 11.2. The number of fused-ring (bicyclic) bond motifs is 1. The van der Waals surface area contributed by atoms with Gasteiger partial charge in [-0.15, -0.1) is 0 Å². The highest BCUT2D eigenvalue weighted by Crippen LogP contribution is 2.44. The Morgan fingerprint density at radius 1 is 1.00 bits per heavy atom. The first-order chi connectivity index (χ1) is 16.9. The van der Waals surface area contributed by atoms with E-state index in [4.69, 9.17) is 16.3 Å². The molecule has 0 radical (unpaired) electrons. The fraction of sp³-hybridized carbons (Fsp3) is 0.231. The number of nitrogens with one attached hydrogen (secondary N) is 1. The number of halogens is 5. The predicted molar refractivity (Wildman–Crippen MR) is 126 cm³/mol. The van der Waals surface area contributed by atoms with E-state index in [9.17, 15) is 27.2 Å². The van der Waals surface area contributed by atoms with Crippen LogP contribution in [0.15, 0.2) is 42.5 Å². The van der Waals surface area contributed by atoms with E-state index in [1.807, 2.05) is 0 Å². The van der Waals surface area contributed by atoms with E-state index in [0.717, 1.165) is 0 Å². The number of anilines is 1. The third kappa shape index (κ3) is 4.39. The zero-order chi connectivity index (χ0) is 26.4. The van der Waals surface area contributed by atoms with E-state index in [1.165, 1.54) is 36.3 Å². The topological polar surface area (TPSA) is 58.6 Å². The van der Waals surface area contributed by atoms with Gasteiger partial charge in [-0.3, -0.25) is 9.59 Å². The van der Waals surface area contributed by atoms with Gasteiger partial charge in [0.1, 0.15) is 29.0 Å². The molecular weight excluding hydrogens is 500 g/mol. The maximum atomic E-state index is 14.6. The van der Waals surface area contributed by atoms with Crippen LogP contribution in [-0.4, -0.2) is 18.9 Å². The molecule has 188 valence electrons. The molecule has 36 heavy (non-hydrogen) atoms. The number of nitrogens with zero attached hydrogens (tertiary/aromatic N) is 1. The van der Waals surface area contributed by atoms with Crippen LogP contribution in [0.1, 0.15) is 40.9 Å². The number of carbonyl (C=O) groups is 2. The molecule has 2 amide bonds. The second-order valence-electron chi connectivity index (χ2n) is 8.82. The molecule has 5 nitrogen and oxygen atoms in total. The lowest BCUT2D eigenvalue weighted by Gasteiger charge is -2.22. The highest BCUT2D eigenvalue weighted by atomic mass is 35.5. The molecule has 0 unspecified atom stereocenters. The van der Waals surface area contributed by atoms with Crippen molar-refractivity contribution in [3.8, 4) is 5.75 Å². The molecular formula is C26H21ClF4N2O3. The van der Waals surface area contributed by atoms with Gasteiger partial charge in [0.25, 0.3) is 5.91 Å². The van der Waals surface area contributed by atoms with Crippen molar-refractivity contribution >= 4 is 29.1 Å². The van der Waals surface area contributed by atoms with Crippen molar-refractivity contribution in [2.45, 2.75) is 32.4 Å². The number of methoxy groups -OCH3 is 1. The number of benzene rings is 3. The Labute approximate surface area is 209 Å². The lowest BCUT2D eigenvalue weighted by Crippen LogP contribution is -2.36. The van der Waals surface area contributed by atoms with Crippen LogP contribution in [0.5, 0.6) is 5.75 Å². The van der Waals surface area contributed by atoms with Gasteiger partial charge in [0.2, 0.25) is 5.91 Å². The summed E-state index contributed by atoms with van der Waals surface area (Å²) in [5.74, 6) is -4.72. The summed E-state index contributed by atoms with van der Waals surface area (Å²) in [5.41, 5.74) is -0.331. The molecule has 0 spiro atoms. The third-order valence-corrected chi connectivity index (χ3v) is 6.64. The van der Waals surface area contributed by atoms with Gasteiger partial charge in [0.15, 0.2) is 0 Å². The summed E-state index contributed by atoms with van der Waals surface area (Å²) in [6, 6.07) is 8.13. The van der Waals surface area contributed by atoms with Crippen LogP contribution < -0.4 is 15.0 Å². The van der Waals surface area contributed by atoms with Crippen LogP contribution >= 0.6 is 11.6 Å². The number of carbonyl (C=O) groups excluding carboxylic acids is 2. The molecule has 3 aromatic carbocycles. The van der Waals surface area contributed by atoms with Crippen molar-refractivity contribution in [1.82, 2.24) is 5.32 Å². The number of hydrogen-bond acceptors (Lipinski definition) is 3. The maximum absolute atomic E-state index is 14.6. The van der Waals surface area contributed by atoms with Crippen LogP contribution in [0.3, 0.4) is 0 Å². The number of ether oxygens (including phenoxy) is 1. The summed E-state index contributed by atoms with van der Waals surface area (Å²) in [6.07, 6.45) is 0. The zero-order valence-corrected chi connectivity index (χ0v) is 20.3. The molecule has 4 rings (SSSR count). The summed E-state index contributed by atoms with van der Waals surface area (Å²) < 4.78 is 60.8. The SMILES string of the molecule is COc1ccc(F)c(CN2C(=O)C(C)(C)c3ccc(C(=O)NCc4c(F)cc(F)cc4F)cc32)c1Cl. The van der Waals surface area contributed by atoms with E-state index in [2.05, 4.69) is 5.32 Å². The molecule has 0 atom stereocenters. The van der Waals surface area contributed by atoms with Crippen LogP contribution in [0.25, 0.3) is 0 Å². The molecule has 0 fully saturated rings. The summed E-state index contributed by atoms with van der Waals surface area (Å²) >= 11 is 6.30. The van der Waals surface area contributed by atoms with E-state index < -0.39 is 46.7 Å². The van der Waals surface area contributed by atoms with Crippen molar-refractivity contribution in [1.29, 1.82) is 0 Å². The van der Waals surface area contributed by atoms with E-state index in [1.54, 1.807) is 19.9 Å². The number of hydrogen-bond donors (Lipinski definition) is 1. The normalized spacial score (nSPS) is 14.1. The van der Waals surface area contributed by atoms with Crippen LogP contribution in [0, 0.1) is 23.3 Å². The van der Waals surface area contributed by atoms with Crippen molar-refractivity contribution in [3.05, 3.63) is 93.0 Å². The van der Waals surface area contributed by atoms with Gasteiger partial charge in [-0.2, -0.15) is 0 Å². The standard InChI is InChI=1S/C26H21ClF4N2O3/c1-26(2)17-5-4-13(24(34)32-11-15-19(30)9-14(28)10-20(15)31)8-21(17)33(25(26)35)12-16-18(29)6-7-22(36-3)23(16)27/h4-10H,11-12H2,1-3H3,(H,32,34). The van der Waals surface area contributed by atoms with Crippen molar-refractivity contribution in [2.24, 2.45) is 0 Å². The molecule has 0 aromatic heterocycles. The second kappa shape index (κ2) is 9.46. The van der Waals surface area contributed by atoms with Gasteiger partial charge in [0.05, 0.1) is 24.1 Å². The Balaban J connectivity index is 1.65. The third-order valence-electron chi connectivity index (χ3n) is 6.22. The van der Waals surface area contributed by atoms with E-state index >= 15 is 0 Å². The first kappa shape index (κ1) is 25.5. The maximum Gasteiger partial charge on any atom is 0.251 e. The van der Waals surface area contributed by atoms with Crippen LogP contribution in [0.4, 0.5) is 23.2 Å². The number of amides is 2. The zero-order valence-electron chi connectivity index (χ0n) is 19.5. The largest absolute Gasteiger partial charge is 0.495 e. The Kier molecular flexibility index (Phi) is 6.70. The Morgan fingerprint density at radius 3 is 2.31 bits per heavy atom. The lowest BCUT2D eigenvalue weighted by atomic mass is 9.86. The van der Waals surface area contributed by atoms with Gasteiger partial charge in [0, 0.05) is 41.1 Å². The van der Waals surface area contributed by atoms with Crippen molar-refractivity contribution < 1.29 is 31.9 Å². The molecule has 3 aromatic rings. The predicted octanol–water partition coefficient (Wildman–Crippen LogP) is 5.66. The summed E-state index contributed by atoms with van der Waals surface area (Å²) in [7, 11) is 1.39. The second-order valence-corrected chi connectivity index (χ2v) is 9.20. The van der Waals surface area contributed by atoms with Crippen molar-refractivity contribution in [3.63, 3.8) is 0 Å². The Hall–Kier alpha value is -3.59. The average Bonchev–Trinajstić information content (AvgIpc) is 3.00. The minimum Gasteiger partial charge on any atom is -0.495 e. The average molecular weight is 521 g/mol. The molecule has 10 heteroatoms. The number of rotatable bonds is 6.